The summed E-state index contributed by atoms with van der Waals surface area (Å²) in [6.07, 6.45) is 0.0662. The Kier molecular flexibility index (Phi) is 4.37. The number of carbonyl (C=O) groups excluding carboxylic acids is 1. The molecule has 0 aliphatic heterocycles. The predicted molar refractivity (Wildman–Crippen MR) is 61.5 cm³/mol. The first-order valence-corrected chi connectivity index (χ1v) is 5.42. The molecule has 1 atom stereocenters. The lowest BCUT2D eigenvalue weighted by atomic mass is 9.95. The molecule has 0 heterocycles. The first-order valence-electron chi connectivity index (χ1n) is 5.42. The van der Waals surface area contributed by atoms with Crippen LogP contribution in [0, 0.1) is 18.7 Å². The summed E-state index contributed by atoms with van der Waals surface area (Å²) in [5, 5.41) is 8.59. The lowest BCUT2D eigenvalue weighted by Crippen LogP contribution is -2.11. The summed E-state index contributed by atoms with van der Waals surface area (Å²) >= 11 is 0. The van der Waals surface area contributed by atoms with Gasteiger partial charge in [-0.1, -0.05) is 19.1 Å². The molecule has 1 aromatic carbocycles. The van der Waals surface area contributed by atoms with E-state index in [1.165, 1.54) is 12.1 Å². The average molecular weight is 238 g/mol. The molecule has 0 bridgehead atoms. The Labute approximate surface area is 99.3 Å². The third-order valence-electron chi connectivity index (χ3n) is 2.63. The Morgan fingerprint density at radius 1 is 1.35 bits per heavy atom. The van der Waals surface area contributed by atoms with Crippen LogP contribution in [0.2, 0.25) is 0 Å². The van der Waals surface area contributed by atoms with Crippen molar-refractivity contribution in [2.24, 2.45) is 5.92 Å². The number of carboxylic acid groups (broad SMARTS) is 1. The van der Waals surface area contributed by atoms with Gasteiger partial charge in [-0.2, -0.15) is 0 Å². The highest BCUT2D eigenvalue weighted by Crippen LogP contribution is 2.17. The molecule has 92 valence electrons. The number of rotatable bonds is 5. The van der Waals surface area contributed by atoms with E-state index in [2.05, 4.69) is 0 Å². The lowest BCUT2D eigenvalue weighted by molar-refractivity contribution is -0.137. The van der Waals surface area contributed by atoms with Crippen LogP contribution in [0.25, 0.3) is 0 Å². The average Bonchev–Trinajstić information content (AvgIpc) is 2.20. The van der Waals surface area contributed by atoms with Crippen molar-refractivity contribution in [1.29, 1.82) is 0 Å². The third kappa shape index (κ3) is 3.66. The van der Waals surface area contributed by atoms with E-state index in [4.69, 9.17) is 5.11 Å². The molecule has 0 fully saturated rings. The zero-order chi connectivity index (χ0) is 13.0. The summed E-state index contributed by atoms with van der Waals surface area (Å²) in [6, 6.07) is 4.35. The van der Waals surface area contributed by atoms with Crippen molar-refractivity contribution >= 4 is 11.8 Å². The fourth-order valence-corrected chi connectivity index (χ4v) is 1.71. The van der Waals surface area contributed by atoms with Crippen LogP contribution in [0.5, 0.6) is 0 Å². The number of ketones is 1. The highest BCUT2D eigenvalue weighted by molar-refractivity contribution is 5.97. The maximum atomic E-state index is 13.2. The number of carboxylic acids is 1. The molecule has 0 saturated heterocycles. The summed E-state index contributed by atoms with van der Waals surface area (Å²) in [5.74, 6) is -1.80. The number of halogens is 1. The van der Waals surface area contributed by atoms with Gasteiger partial charge in [0.1, 0.15) is 5.82 Å². The topological polar surface area (TPSA) is 54.4 Å². The molecule has 0 aliphatic rings. The van der Waals surface area contributed by atoms with E-state index in [1.54, 1.807) is 19.9 Å². The van der Waals surface area contributed by atoms with Gasteiger partial charge in [-0.05, 0) is 24.5 Å². The quantitative estimate of drug-likeness (QED) is 0.802. The molecule has 0 spiro atoms. The van der Waals surface area contributed by atoms with Crippen molar-refractivity contribution in [3.05, 3.63) is 35.1 Å². The van der Waals surface area contributed by atoms with E-state index in [9.17, 15) is 14.0 Å². The molecule has 0 saturated carbocycles. The number of carbonyl (C=O) groups is 2. The van der Waals surface area contributed by atoms with E-state index < -0.39 is 11.8 Å². The number of Topliss-reactive ketones (excluding diaryl/α,β-unsaturated/α-hetero) is 1. The van der Waals surface area contributed by atoms with Gasteiger partial charge in [-0.15, -0.1) is 0 Å². The van der Waals surface area contributed by atoms with Crippen LogP contribution >= 0.6 is 0 Å². The van der Waals surface area contributed by atoms with Gasteiger partial charge < -0.3 is 5.11 Å². The second-order valence-electron chi connectivity index (χ2n) is 4.24. The molecule has 17 heavy (non-hydrogen) atoms. The van der Waals surface area contributed by atoms with Crippen molar-refractivity contribution in [3.8, 4) is 0 Å². The highest BCUT2D eigenvalue weighted by atomic mass is 19.1. The van der Waals surface area contributed by atoms with Gasteiger partial charge in [0.25, 0.3) is 0 Å². The maximum absolute atomic E-state index is 13.2. The Morgan fingerprint density at radius 3 is 2.59 bits per heavy atom. The predicted octanol–water partition coefficient (Wildman–Crippen LogP) is 2.82. The van der Waals surface area contributed by atoms with Crippen LogP contribution in [-0.4, -0.2) is 16.9 Å². The fourth-order valence-electron chi connectivity index (χ4n) is 1.71. The number of hydrogen-bond acceptors (Lipinski definition) is 2. The monoisotopic (exact) mass is 238 g/mol. The molecule has 0 aromatic heterocycles. The molecule has 1 rings (SSSR count). The molecule has 0 radical (unpaired) electrons. The molecule has 0 aliphatic carbocycles. The van der Waals surface area contributed by atoms with Crippen LogP contribution in [0.3, 0.4) is 0 Å². The summed E-state index contributed by atoms with van der Waals surface area (Å²) in [6.45, 7) is 3.24. The van der Waals surface area contributed by atoms with Gasteiger partial charge in [0.15, 0.2) is 5.78 Å². The van der Waals surface area contributed by atoms with Gasteiger partial charge in [0.2, 0.25) is 0 Å². The third-order valence-corrected chi connectivity index (χ3v) is 2.63. The van der Waals surface area contributed by atoms with Gasteiger partial charge in [0.05, 0.1) is 0 Å². The lowest BCUT2D eigenvalue weighted by Gasteiger charge is -2.09. The van der Waals surface area contributed by atoms with E-state index in [-0.39, 0.29) is 24.5 Å². The molecule has 4 heteroatoms. The Bertz CT molecular complexity index is 440. The van der Waals surface area contributed by atoms with Crippen molar-refractivity contribution in [2.45, 2.75) is 26.7 Å². The van der Waals surface area contributed by atoms with Crippen LogP contribution in [0.1, 0.15) is 35.7 Å². The fraction of sp³-hybridized carbons (Fsp3) is 0.385. The number of hydrogen-bond donors (Lipinski definition) is 1. The van der Waals surface area contributed by atoms with Crippen LogP contribution in [0.15, 0.2) is 18.2 Å². The molecule has 1 aromatic rings. The smallest absolute Gasteiger partial charge is 0.303 e. The number of benzene rings is 1. The molecule has 3 nitrogen and oxygen atoms in total. The second kappa shape index (κ2) is 5.57. The minimum Gasteiger partial charge on any atom is -0.481 e. The van der Waals surface area contributed by atoms with Crippen molar-refractivity contribution < 1.29 is 19.1 Å². The number of aliphatic carboxylic acids is 1. The van der Waals surface area contributed by atoms with Crippen molar-refractivity contribution in [3.63, 3.8) is 0 Å². The van der Waals surface area contributed by atoms with Crippen molar-refractivity contribution in [2.75, 3.05) is 0 Å². The largest absolute Gasteiger partial charge is 0.481 e. The van der Waals surface area contributed by atoms with Crippen LogP contribution in [-0.2, 0) is 4.79 Å². The minimum atomic E-state index is -0.929. The zero-order valence-electron chi connectivity index (χ0n) is 9.87. The Morgan fingerprint density at radius 2 is 2.00 bits per heavy atom. The summed E-state index contributed by atoms with van der Waals surface area (Å²) < 4.78 is 13.2. The van der Waals surface area contributed by atoms with Gasteiger partial charge in [-0.3, -0.25) is 9.59 Å². The standard InChI is InChI=1S/C13H15FO3/c1-8(7-13(16)17)6-12(15)10-4-3-5-11(14)9(10)2/h3-5,8H,6-7H2,1-2H3,(H,16,17)/t8-/m1/s1. The molecule has 0 amide bonds. The van der Waals surface area contributed by atoms with Gasteiger partial charge in [0, 0.05) is 18.4 Å². The van der Waals surface area contributed by atoms with Gasteiger partial charge >= 0.3 is 5.97 Å². The second-order valence-corrected chi connectivity index (χ2v) is 4.24. The van der Waals surface area contributed by atoms with Crippen LogP contribution in [0.4, 0.5) is 4.39 Å². The van der Waals surface area contributed by atoms with E-state index >= 15 is 0 Å². The normalized spacial score (nSPS) is 12.2. The first kappa shape index (κ1) is 13.4. The zero-order valence-corrected chi connectivity index (χ0v) is 9.87. The van der Waals surface area contributed by atoms with E-state index in [0.29, 0.717) is 11.1 Å². The first-order chi connectivity index (χ1) is 7.91. The van der Waals surface area contributed by atoms with E-state index in [0.717, 1.165) is 0 Å². The summed E-state index contributed by atoms with van der Waals surface area (Å²) in [7, 11) is 0. The molecule has 0 unspecified atom stereocenters. The summed E-state index contributed by atoms with van der Waals surface area (Å²) in [5.41, 5.74) is 0.655. The Hall–Kier alpha value is -1.71. The molecule has 1 N–H and O–H groups in total. The Balaban J connectivity index is 2.77. The summed E-state index contributed by atoms with van der Waals surface area (Å²) in [4.78, 5) is 22.3. The maximum Gasteiger partial charge on any atom is 0.303 e. The molecular formula is C13H15FO3. The van der Waals surface area contributed by atoms with Crippen molar-refractivity contribution in [1.82, 2.24) is 0 Å². The molecular weight excluding hydrogens is 223 g/mol. The highest BCUT2D eigenvalue weighted by Gasteiger charge is 2.16. The van der Waals surface area contributed by atoms with Gasteiger partial charge in [-0.25, -0.2) is 4.39 Å². The minimum absolute atomic E-state index is 0.0555. The SMILES string of the molecule is Cc1c(F)cccc1C(=O)C[C@@H](C)CC(=O)O. The van der Waals surface area contributed by atoms with E-state index in [1.807, 2.05) is 0 Å². The van der Waals surface area contributed by atoms with Crippen LogP contribution < -0.4 is 0 Å².